The molecule has 132 valence electrons. The van der Waals surface area contributed by atoms with Crippen LogP contribution in [-0.4, -0.2) is 24.7 Å². The molecule has 0 unspecified atom stereocenters. The topological polar surface area (TPSA) is 62.5 Å². The fourth-order valence-electron chi connectivity index (χ4n) is 2.78. The van der Waals surface area contributed by atoms with Crippen LogP contribution >= 0.6 is 24.0 Å². The van der Waals surface area contributed by atoms with Gasteiger partial charge in [0.25, 0.3) is 0 Å². The van der Waals surface area contributed by atoms with Crippen molar-refractivity contribution in [3.63, 3.8) is 0 Å². The van der Waals surface area contributed by atoms with E-state index in [9.17, 15) is 0 Å². The number of benzene rings is 1. The van der Waals surface area contributed by atoms with Gasteiger partial charge in [0.1, 0.15) is 12.0 Å². The van der Waals surface area contributed by atoms with Crippen molar-refractivity contribution in [2.75, 3.05) is 13.6 Å². The molecule has 0 saturated heterocycles. The summed E-state index contributed by atoms with van der Waals surface area (Å²) in [6.45, 7) is 5.91. The highest BCUT2D eigenvalue weighted by Crippen LogP contribution is 2.30. The molecule has 0 aliphatic carbocycles. The number of aromatic nitrogens is 1. The molecule has 0 amide bonds. The summed E-state index contributed by atoms with van der Waals surface area (Å²) in [4.78, 5) is 4.29. The van der Waals surface area contributed by atoms with Crippen LogP contribution in [0.15, 0.2) is 52.2 Å². The van der Waals surface area contributed by atoms with Crippen molar-refractivity contribution in [1.82, 2.24) is 15.8 Å². The Kier molecular flexibility index (Phi) is 8.81. The van der Waals surface area contributed by atoms with Crippen LogP contribution in [0.5, 0.6) is 0 Å². The van der Waals surface area contributed by atoms with Crippen LogP contribution in [0.1, 0.15) is 37.9 Å². The van der Waals surface area contributed by atoms with E-state index in [2.05, 4.69) is 65.0 Å². The van der Waals surface area contributed by atoms with Gasteiger partial charge >= 0.3 is 0 Å². The number of nitrogens with one attached hydrogen (secondary N) is 2. The van der Waals surface area contributed by atoms with E-state index in [1.54, 1.807) is 13.3 Å². The molecule has 0 spiro atoms. The first kappa shape index (κ1) is 20.5. The summed E-state index contributed by atoms with van der Waals surface area (Å²) in [6, 6.07) is 12.5. The third kappa shape index (κ3) is 5.22. The van der Waals surface area contributed by atoms with Crippen molar-refractivity contribution < 1.29 is 4.52 Å². The van der Waals surface area contributed by atoms with Crippen molar-refractivity contribution in [2.45, 2.75) is 38.6 Å². The summed E-state index contributed by atoms with van der Waals surface area (Å²) in [6.07, 6.45) is 3.71. The van der Waals surface area contributed by atoms with E-state index in [1.165, 1.54) is 5.56 Å². The molecule has 2 N–H and O–H groups in total. The summed E-state index contributed by atoms with van der Waals surface area (Å²) >= 11 is 0. The van der Waals surface area contributed by atoms with Gasteiger partial charge in [-0.3, -0.25) is 4.99 Å². The number of halogens is 1. The van der Waals surface area contributed by atoms with Crippen LogP contribution in [0.3, 0.4) is 0 Å². The lowest BCUT2D eigenvalue weighted by Crippen LogP contribution is -2.45. The first-order valence-electron chi connectivity index (χ1n) is 8.13. The van der Waals surface area contributed by atoms with Gasteiger partial charge in [-0.2, -0.15) is 0 Å². The van der Waals surface area contributed by atoms with Gasteiger partial charge in [0.15, 0.2) is 5.96 Å². The van der Waals surface area contributed by atoms with Crippen LogP contribution in [0.4, 0.5) is 0 Å². The van der Waals surface area contributed by atoms with Crippen molar-refractivity contribution in [1.29, 1.82) is 0 Å². The van der Waals surface area contributed by atoms with Gasteiger partial charge < -0.3 is 15.2 Å². The second-order valence-corrected chi connectivity index (χ2v) is 5.62. The van der Waals surface area contributed by atoms with Crippen LogP contribution in [0.2, 0.25) is 0 Å². The fraction of sp³-hybridized carbons (Fsp3) is 0.444. The van der Waals surface area contributed by atoms with Crippen LogP contribution in [0, 0.1) is 0 Å². The van der Waals surface area contributed by atoms with E-state index >= 15 is 0 Å². The number of nitrogens with zero attached hydrogens (tertiary/aromatic N) is 2. The average molecular weight is 442 g/mol. The minimum absolute atomic E-state index is 0. The number of rotatable bonds is 7. The van der Waals surface area contributed by atoms with Gasteiger partial charge in [0.05, 0.1) is 6.54 Å². The summed E-state index contributed by atoms with van der Waals surface area (Å²) in [5, 5.41) is 10.6. The van der Waals surface area contributed by atoms with Crippen molar-refractivity contribution in [3.8, 4) is 0 Å². The number of hydrogen-bond acceptors (Lipinski definition) is 3. The normalized spacial score (nSPS) is 11.7. The molecule has 0 saturated carbocycles. The summed E-state index contributed by atoms with van der Waals surface area (Å²) < 4.78 is 4.84. The Morgan fingerprint density at radius 3 is 2.38 bits per heavy atom. The quantitative estimate of drug-likeness (QED) is 0.390. The highest BCUT2D eigenvalue weighted by Gasteiger charge is 2.28. The Morgan fingerprint density at radius 2 is 1.83 bits per heavy atom. The largest absolute Gasteiger partial charge is 0.364 e. The molecule has 0 aliphatic rings. The smallest absolute Gasteiger partial charge is 0.191 e. The molecule has 0 atom stereocenters. The molecule has 0 bridgehead atoms. The molecule has 1 aromatic heterocycles. The zero-order valence-electron chi connectivity index (χ0n) is 14.6. The second-order valence-electron chi connectivity index (χ2n) is 5.62. The van der Waals surface area contributed by atoms with Crippen LogP contribution in [0.25, 0.3) is 0 Å². The van der Waals surface area contributed by atoms with Gasteiger partial charge in [-0.25, -0.2) is 0 Å². The van der Waals surface area contributed by atoms with E-state index < -0.39 is 0 Å². The van der Waals surface area contributed by atoms with Crippen LogP contribution in [-0.2, 0) is 12.0 Å². The minimum Gasteiger partial charge on any atom is -0.364 e. The maximum atomic E-state index is 4.84. The fourth-order valence-corrected chi connectivity index (χ4v) is 2.78. The molecule has 1 aromatic carbocycles. The first-order valence-corrected chi connectivity index (χ1v) is 8.13. The maximum Gasteiger partial charge on any atom is 0.191 e. The molecule has 2 aromatic rings. The molecule has 1 heterocycles. The molecule has 0 aliphatic heterocycles. The Labute approximate surface area is 161 Å². The lowest BCUT2D eigenvalue weighted by Gasteiger charge is -2.33. The minimum atomic E-state index is 0. The van der Waals surface area contributed by atoms with E-state index in [1.807, 2.05) is 6.07 Å². The highest BCUT2D eigenvalue weighted by molar-refractivity contribution is 14.0. The number of guanidine groups is 1. The Morgan fingerprint density at radius 1 is 1.12 bits per heavy atom. The summed E-state index contributed by atoms with van der Waals surface area (Å²) in [5.41, 5.74) is 2.32. The number of hydrogen-bond donors (Lipinski definition) is 2. The Hall–Kier alpha value is -1.57. The molecule has 0 fully saturated rings. The SMILES string of the molecule is CCC(CC)(CNC(=NC)NCc1ccon1)c1ccccc1.I. The summed E-state index contributed by atoms with van der Waals surface area (Å²) in [7, 11) is 1.78. The summed E-state index contributed by atoms with van der Waals surface area (Å²) in [5.74, 6) is 0.773. The van der Waals surface area contributed by atoms with Gasteiger partial charge in [0, 0.05) is 25.1 Å². The lowest BCUT2D eigenvalue weighted by molar-refractivity contribution is 0.389. The predicted octanol–water partition coefficient (Wildman–Crippen LogP) is 3.72. The van der Waals surface area contributed by atoms with E-state index in [0.29, 0.717) is 6.54 Å². The predicted molar refractivity (Wildman–Crippen MR) is 109 cm³/mol. The molecular weight excluding hydrogens is 415 g/mol. The Balaban J connectivity index is 0.00000288. The average Bonchev–Trinajstić information content (AvgIpc) is 3.13. The zero-order valence-corrected chi connectivity index (χ0v) is 16.9. The maximum absolute atomic E-state index is 4.84. The van der Waals surface area contributed by atoms with E-state index in [0.717, 1.165) is 31.0 Å². The van der Waals surface area contributed by atoms with Crippen LogP contribution < -0.4 is 10.6 Å². The van der Waals surface area contributed by atoms with Gasteiger partial charge in [0.2, 0.25) is 0 Å². The monoisotopic (exact) mass is 442 g/mol. The molecule has 24 heavy (non-hydrogen) atoms. The van der Waals surface area contributed by atoms with Crippen molar-refractivity contribution >= 4 is 29.9 Å². The van der Waals surface area contributed by atoms with E-state index in [4.69, 9.17) is 4.52 Å². The molecular formula is C18H27IN4O. The third-order valence-corrected chi connectivity index (χ3v) is 4.49. The molecule has 5 nitrogen and oxygen atoms in total. The molecule has 0 radical (unpaired) electrons. The van der Waals surface area contributed by atoms with Gasteiger partial charge in [-0.15, -0.1) is 24.0 Å². The van der Waals surface area contributed by atoms with Gasteiger partial charge in [-0.1, -0.05) is 49.3 Å². The number of aliphatic imine (C=N–C) groups is 1. The molecule has 2 rings (SSSR count). The third-order valence-electron chi connectivity index (χ3n) is 4.49. The van der Waals surface area contributed by atoms with Crippen molar-refractivity contribution in [2.24, 2.45) is 4.99 Å². The second kappa shape index (κ2) is 10.3. The first-order chi connectivity index (χ1) is 11.2. The van der Waals surface area contributed by atoms with Crippen molar-refractivity contribution in [3.05, 3.63) is 53.9 Å². The highest BCUT2D eigenvalue weighted by atomic mass is 127. The molecule has 6 heteroatoms. The zero-order chi connectivity index (χ0) is 16.5. The standard InChI is InChI=1S/C18H26N4O.HI/c1-4-18(5-2,15-9-7-6-8-10-15)14-21-17(19-3)20-13-16-11-12-23-22-16;/h6-12H,4-5,13-14H2,1-3H3,(H2,19,20,21);1H. The van der Waals surface area contributed by atoms with E-state index in [-0.39, 0.29) is 29.4 Å². The van der Waals surface area contributed by atoms with Gasteiger partial charge in [-0.05, 0) is 18.4 Å². The lowest BCUT2D eigenvalue weighted by atomic mass is 9.76. The Bertz CT molecular complexity index is 595.